The molecular weight excluding hydrogens is 290 g/mol. The van der Waals surface area contributed by atoms with Crippen molar-refractivity contribution >= 4 is 28.2 Å². The largest absolute Gasteiger partial charge is 0.392 e. The number of hydrogen-bond acceptors (Lipinski definition) is 3. The van der Waals surface area contributed by atoms with Gasteiger partial charge < -0.3 is 10.4 Å². The van der Waals surface area contributed by atoms with Gasteiger partial charge in [0.2, 0.25) is 5.91 Å². The molecule has 0 saturated heterocycles. The summed E-state index contributed by atoms with van der Waals surface area (Å²) < 4.78 is 0. The third kappa shape index (κ3) is 2.09. The first-order valence-electron chi connectivity index (χ1n) is 8.13. The van der Waals surface area contributed by atoms with Gasteiger partial charge in [-0.05, 0) is 37.1 Å². The minimum absolute atomic E-state index is 0.0750. The van der Waals surface area contributed by atoms with E-state index in [0.717, 1.165) is 16.5 Å². The molecule has 0 aliphatic heterocycles. The smallest absolute Gasteiger partial charge is 0.238 e. The highest BCUT2D eigenvalue weighted by Gasteiger charge is 2.57. The summed E-state index contributed by atoms with van der Waals surface area (Å²) in [6.07, 6.45) is 1.55. The lowest BCUT2D eigenvalue weighted by molar-refractivity contribution is -0.144. The topological polar surface area (TPSA) is 66.4 Å². The molecule has 1 amide bonds. The van der Waals surface area contributed by atoms with Crippen LogP contribution >= 0.6 is 0 Å². The van der Waals surface area contributed by atoms with Crippen molar-refractivity contribution in [1.82, 2.24) is 0 Å². The summed E-state index contributed by atoms with van der Waals surface area (Å²) in [5.41, 5.74) is -0.203. The molecule has 0 heterocycles. The van der Waals surface area contributed by atoms with Crippen molar-refractivity contribution in [3.63, 3.8) is 0 Å². The Morgan fingerprint density at radius 1 is 1.09 bits per heavy atom. The van der Waals surface area contributed by atoms with Crippen molar-refractivity contribution in [2.45, 2.75) is 31.8 Å². The zero-order chi connectivity index (χ0) is 16.0. The van der Waals surface area contributed by atoms with Crippen molar-refractivity contribution in [1.29, 1.82) is 0 Å². The van der Waals surface area contributed by atoms with Crippen molar-refractivity contribution in [3.05, 3.63) is 42.5 Å². The number of hydrogen-bond donors (Lipinski definition) is 2. The van der Waals surface area contributed by atoms with E-state index in [4.69, 9.17) is 0 Å². The second kappa shape index (κ2) is 5.17. The number of aliphatic hydroxyl groups excluding tert-OH is 1. The van der Waals surface area contributed by atoms with Crippen LogP contribution in [0.5, 0.6) is 0 Å². The van der Waals surface area contributed by atoms with Gasteiger partial charge in [0.25, 0.3) is 0 Å². The second-order valence-corrected chi connectivity index (χ2v) is 6.68. The van der Waals surface area contributed by atoms with E-state index in [1.54, 1.807) is 0 Å². The van der Waals surface area contributed by atoms with Gasteiger partial charge in [0, 0.05) is 17.0 Å². The molecule has 1 unspecified atom stereocenters. The number of Topliss-reactive ketones (excluding diaryl/α,β-unsaturated/α-hetero) is 1. The first kappa shape index (κ1) is 14.4. The Labute approximate surface area is 134 Å². The SMILES string of the molecule is O=C(Nc1cccc2ccccc12)[C@@]12CCC(O)[C@@H](CC1)C2=O. The minimum Gasteiger partial charge on any atom is -0.392 e. The van der Waals surface area contributed by atoms with Crippen LogP contribution in [0, 0.1) is 11.3 Å². The summed E-state index contributed by atoms with van der Waals surface area (Å²) >= 11 is 0. The van der Waals surface area contributed by atoms with Crippen LogP contribution < -0.4 is 5.32 Å². The quantitative estimate of drug-likeness (QED) is 0.838. The van der Waals surface area contributed by atoms with Crippen LogP contribution in [-0.4, -0.2) is 22.9 Å². The number of fused-ring (bicyclic) bond motifs is 3. The Balaban J connectivity index is 1.67. The summed E-state index contributed by atoms with van der Waals surface area (Å²) in [6.45, 7) is 0. The number of amides is 1. The summed E-state index contributed by atoms with van der Waals surface area (Å²) in [6, 6.07) is 13.6. The van der Waals surface area contributed by atoms with E-state index in [-0.39, 0.29) is 17.6 Å². The number of nitrogens with one attached hydrogen (secondary N) is 1. The molecule has 4 rings (SSSR count). The molecule has 0 spiro atoms. The van der Waals surface area contributed by atoms with E-state index < -0.39 is 11.5 Å². The van der Waals surface area contributed by atoms with E-state index in [1.165, 1.54) is 0 Å². The first-order valence-corrected chi connectivity index (χ1v) is 8.13. The van der Waals surface area contributed by atoms with E-state index in [2.05, 4.69) is 5.32 Å². The molecule has 4 nitrogen and oxygen atoms in total. The molecular formula is C19H19NO3. The highest BCUT2D eigenvalue weighted by Crippen LogP contribution is 2.49. The van der Waals surface area contributed by atoms with Crippen LogP contribution in [0.3, 0.4) is 0 Å². The number of carbonyl (C=O) groups excluding carboxylic acids is 2. The van der Waals surface area contributed by atoms with Gasteiger partial charge in [0.05, 0.1) is 6.10 Å². The molecule has 2 aliphatic rings. The van der Waals surface area contributed by atoms with E-state index in [9.17, 15) is 14.7 Å². The molecule has 2 N–H and O–H groups in total. The number of carbonyl (C=O) groups is 2. The number of ketones is 1. The average Bonchev–Trinajstić information content (AvgIpc) is 2.79. The molecule has 23 heavy (non-hydrogen) atoms. The van der Waals surface area contributed by atoms with Gasteiger partial charge in [-0.1, -0.05) is 36.4 Å². The van der Waals surface area contributed by atoms with Crippen LogP contribution in [0.25, 0.3) is 10.8 Å². The van der Waals surface area contributed by atoms with Gasteiger partial charge in [-0.15, -0.1) is 0 Å². The lowest BCUT2D eigenvalue weighted by Crippen LogP contribution is -2.46. The zero-order valence-corrected chi connectivity index (χ0v) is 12.8. The first-order chi connectivity index (χ1) is 11.1. The third-order valence-electron chi connectivity index (χ3n) is 5.49. The summed E-state index contributed by atoms with van der Waals surface area (Å²) in [5, 5.41) is 14.9. The normalized spacial score (nSPS) is 29.7. The molecule has 2 aliphatic carbocycles. The van der Waals surface area contributed by atoms with Gasteiger partial charge in [0.1, 0.15) is 5.41 Å². The van der Waals surface area contributed by atoms with Crippen LogP contribution in [-0.2, 0) is 9.59 Å². The molecule has 3 atom stereocenters. The third-order valence-corrected chi connectivity index (χ3v) is 5.49. The maximum atomic E-state index is 12.9. The van der Waals surface area contributed by atoms with E-state index >= 15 is 0 Å². The van der Waals surface area contributed by atoms with Crippen molar-refractivity contribution in [3.8, 4) is 0 Å². The fraction of sp³-hybridized carbons (Fsp3) is 0.368. The zero-order valence-electron chi connectivity index (χ0n) is 12.8. The van der Waals surface area contributed by atoms with Crippen molar-refractivity contribution in [2.75, 3.05) is 5.32 Å². The highest BCUT2D eigenvalue weighted by molar-refractivity contribution is 6.15. The van der Waals surface area contributed by atoms with E-state index in [1.807, 2.05) is 42.5 Å². The van der Waals surface area contributed by atoms with Crippen LogP contribution in [0.1, 0.15) is 25.7 Å². The van der Waals surface area contributed by atoms with Gasteiger partial charge in [0.15, 0.2) is 5.78 Å². The Kier molecular flexibility index (Phi) is 3.23. The highest BCUT2D eigenvalue weighted by atomic mass is 16.3. The maximum Gasteiger partial charge on any atom is 0.238 e. The van der Waals surface area contributed by atoms with Crippen LogP contribution in [0.2, 0.25) is 0 Å². The standard InChI is InChI=1S/C19H19NO3/c21-16-9-11-19(10-8-14(16)17(19)22)18(23)20-15-7-3-5-12-4-1-2-6-13(12)15/h1-7,14,16,21H,8-11H2,(H,20,23)/t14-,16?,19-/m1/s1. The molecule has 0 aromatic heterocycles. The molecule has 2 fully saturated rings. The average molecular weight is 309 g/mol. The predicted molar refractivity (Wildman–Crippen MR) is 88.0 cm³/mol. The maximum absolute atomic E-state index is 12.9. The van der Waals surface area contributed by atoms with Gasteiger partial charge in [-0.2, -0.15) is 0 Å². The molecule has 2 aromatic rings. The Hall–Kier alpha value is -2.20. The Morgan fingerprint density at radius 2 is 1.83 bits per heavy atom. The lowest BCUT2D eigenvalue weighted by atomic mass is 9.72. The molecule has 2 saturated carbocycles. The molecule has 2 aromatic carbocycles. The fourth-order valence-corrected chi connectivity index (χ4v) is 4.14. The second-order valence-electron chi connectivity index (χ2n) is 6.68. The molecule has 2 bridgehead atoms. The van der Waals surface area contributed by atoms with E-state index in [0.29, 0.717) is 25.7 Å². The monoisotopic (exact) mass is 309 g/mol. The molecule has 4 heteroatoms. The van der Waals surface area contributed by atoms with Crippen molar-refractivity contribution in [2.24, 2.45) is 11.3 Å². The lowest BCUT2D eigenvalue weighted by Gasteiger charge is -2.32. The van der Waals surface area contributed by atoms with Gasteiger partial charge in [-0.3, -0.25) is 9.59 Å². The Bertz CT molecular complexity index is 795. The summed E-state index contributed by atoms with van der Waals surface area (Å²) in [5.74, 6) is -0.649. The molecule has 0 radical (unpaired) electrons. The van der Waals surface area contributed by atoms with Crippen LogP contribution in [0.15, 0.2) is 42.5 Å². The van der Waals surface area contributed by atoms with Gasteiger partial charge in [-0.25, -0.2) is 0 Å². The summed E-state index contributed by atoms with van der Waals surface area (Å²) in [4.78, 5) is 25.5. The van der Waals surface area contributed by atoms with Crippen LogP contribution in [0.4, 0.5) is 5.69 Å². The number of anilines is 1. The fourth-order valence-electron chi connectivity index (χ4n) is 4.14. The summed E-state index contributed by atoms with van der Waals surface area (Å²) in [7, 11) is 0. The predicted octanol–water partition coefficient (Wildman–Crippen LogP) is 2.90. The number of rotatable bonds is 2. The molecule has 118 valence electrons. The van der Waals surface area contributed by atoms with Crippen molar-refractivity contribution < 1.29 is 14.7 Å². The van der Waals surface area contributed by atoms with Gasteiger partial charge >= 0.3 is 0 Å². The minimum atomic E-state index is -0.944. The number of benzene rings is 2. The number of aliphatic hydroxyl groups is 1. The Morgan fingerprint density at radius 3 is 2.70 bits per heavy atom.